The molecule has 3 aromatic rings. The van der Waals surface area contributed by atoms with Gasteiger partial charge in [0.2, 0.25) is 5.91 Å². The van der Waals surface area contributed by atoms with Crippen molar-refractivity contribution in [3.05, 3.63) is 69.3 Å². The largest absolute Gasteiger partial charge is 0.322 e. The number of nitrogens with zero attached hydrogens (tertiary/aromatic N) is 3. The van der Waals surface area contributed by atoms with Crippen LogP contribution in [-0.4, -0.2) is 39.7 Å². The van der Waals surface area contributed by atoms with Crippen LogP contribution in [0.1, 0.15) is 63.8 Å². The summed E-state index contributed by atoms with van der Waals surface area (Å²) in [4.78, 5) is 27.9. The number of urea groups is 1. The Morgan fingerprint density at radius 2 is 1.74 bits per heavy atom. The third-order valence-corrected chi connectivity index (χ3v) is 6.70. The number of aromatic nitrogens is 2. The van der Waals surface area contributed by atoms with Crippen LogP contribution in [-0.2, 0) is 10.2 Å². The number of carbonyl (C=O) groups is 2. The summed E-state index contributed by atoms with van der Waals surface area (Å²) in [6.45, 7) is 12.7. The molecular weight excluding hydrogens is 521 g/mol. The van der Waals surface area contributed by atoms with Crippen LogP contribution < -0.4 is 10.6 Å². The molecule has 3 amide bonds. The molecule has 0 radical (unpaired) electrons. The summed E-state index contributed by atoms with van der Waals surface area (Å²) in [7, 11) is 0. The van der Waals surface area contributed by atoms with E-state index in [1.165, 1.54) is 4.90 Å². The number of halogens is 2. The van der Waals surface area contributed by atoms with Crippen LogP contribution in [0.5, 0.6) is 0 Å². The molecule has 38 heavy (non-hydrogen) atoms. The monoisotopic (exact) mass is 557 g/mol. The number of amides is 3. The average molecular weight is 559 g/mol. The van der Waals surface area contributed by atoms with Crippen molar-refractivity contribution in [2.75, 3.05) is 23.7 Å². The molecule has 0 unspecified atom stereocenters. The third-order valence-electron chi connectivity index (χ3n) is 6.15. The molecule has 0 spiro atoms. The number of hydrogen-bond donors (Lipinski definition) is 2. The summed E-state index contributed by atoms with van der Waals surface area (Å²) in [6.07, 6.45) is 2.72. The quantitative estimate of drug-likeness (QED) is 0.264. The second kappa shape index (κ2) is 12.7. The first-order valence-corrected chi connectivity index (χ1v) is 13.6. The van der Waals surface area contributed by atoms with E-state index in [9.17, 15) is 9.59 Å². The van der Waals surface area contributed by atoms with Gasteiger partial charge in [0.1, 0.15) is 12.4 Å². The van der Waals surface area contributed by atoms with Gasteiger partial charge in [0.05, 0.1) is 22.1 Å². The van der Waals surface area contributed by atoms with Gasteiger partial charge >= 0.3 is 6.03 Å². The van der Waals surface area contributed by atoms with E-state index >= 15 is 0 Å². The fourth-order valence-electron chi connectivity index (χ4n) is 4.01. The molecule has 0 bridgehead atoms. The Hall–Kier alpha value is -3.03. The van der Waals surface area contributed by atoms with Crippen molar-refractivity contribution >= 4 is 46.6 Å². The zero-order valence-corrected chi connectivity index (χ0v) is 24.5. The number of hydrogen-bond acceptors (Lipinski definition) is 3. The predicted molar refractivity (Wildman–Crippen MR) is 157 cm³/mol. The molecule has 0 aliphatic rings. The number of rotatable bonds is 9. The summed E-state index contributed by atoms with van der Waals surface area (Å²) < 4.78 is 1.77. The normalized spacial score (nSPS) is 11.4. The summed E-state index contributed by atoms with van der Waals surface area (Å²) >= 11 is 12.2. The molecule has 204 valence electrons. The standard InChI is InChI=1S/C29H37Cl2N5O2/c1-7-8-9-14-35(28(38)32-23-12-11-21(30)16-22(23)31)18-27(37)33-26-17-25(29(4,5)6)34-36(26)24-13-10-19(2)15-20(24)3/h10-13,15-17H,7-9,14,18H2,1-6H3,(H,32,38)(H,33,37). The van der Waals surface area contributed by atoms with Crippen LogP contribution in [0, 0.1) is 13.8 Å². The van der Waals surface area contributed by atoms with E-state index < -0.39 is 6.03 Å². The molecular formula is C29H37Cl2N5O2. The highest BCUT2D eigenvalue weighted by Gasteiger charge is 2.24. The fourth-order valence-corrected chi connectivity index (χ4v) is 4.46. The SMILES string of the molecule is CCCCCN(CC(=O)Nc1cc(C(C)(C)C)nn1-c1ccc(C)cc1C)C(=O)Nc1ccc(Cl)cc1Cl. The Balaban J connectivity index is 1.84. The number of aryl methyl sites for hydroxylation is 2. The van der Waals surface area contributed by atoms with Crippen LogP contribution in [0.4, 0.5) is 16.3 Å². The van der Waals surface area contributed by atoms with Gasteiger partial charge in [0.15, 0.2) is 0 Å². The Morgan fingerprint density at radius 3 is 2.37 bits per heavy atom. The van der Waals surface area contributed by atoms with Crippen molar-refractivity contribution in [2.24, 2.45) is 0 Å². The van der Waals surface area contributed by atoms with Crippen molar-refractivity contribution in [2.45, 2.75) is 66.2 Å². The fraction of sp³-hybridized carbons (Fsp3) is 0.414. The first-order valence-electron chi connectivity index (χ1n) is 12.9. The molecule has 0 aliphatic heterocycles. The van der Waals surface area contributed by atoms with Crippen molar-refractivity contribution in [1.29, 1.82) is 0 Å². The van der Waals surface area contributed by atoms with E-state index in [-0.39, 0.29) is 17.9 Å². The third kappa shape index (κ3) is 7.74. The van der Waals surface area contributed by atoms with Crippen molar-refractivity contribution in [3.8, 4) is 5.69 Å². The Morgan fingerprint density at radius 1 is 1.00 bits per heavy atom. The summed E-state index contributed by atoms with van der Waals surface area (Å²) in [5.41, 5.74) is 4.15. The molecule has 0 saturated heterocycles. The highest BCUT2D eigenvalue weighted by atomic mass is 35.5. The number of unbranched alkanes of at least 4 members (excludes halogenated alkanes) is 2. The van der Waals surface area contributed by atoms with Gasteiger partial charge in [-0.05, 0) is 50.1 Å². The predicted octanol–water partition coefficient (Wildman–Crippen LogP) is 7.76. The van der Waals surface area contributed by atoms with Gasteiger partial charge in [-0.15, -0.1) is 0 Å². The number of carbonyl (C=O) groups excluding carboxylic acids is 2. The number of nitrogens with one attached hydrogen (secondary N) is 2. The molecule has 3 rings (SSSR count). The van der Waals surface area contributed by atoms with Gasteiger partial charge < -0.3 is 15.5 Å². The molecule has 2 N–H and O–H groups in total. The lowest BCUT2D eigenvalue weighted by atomic mass is 9.92. The zero-order valence-electron chi connectivity index (χ0n) is 23.0. The van der Waals surface area contributed by atoms with E-state index in [4.69, 9.17) is 28.3 Å². The Labute approximate surface area is 235 Å². The lowest BCUT2D eigenvalue weighted by molar-refractivity contribution is -0.116. The molecule has 0 atom stereocenters. The molecule has 2 aromatic carbocycles. The first kappa shape index (κ1) is 29.5. The molecule has 1 aromatic heterocycles. The maximum Gasteiger partial charge on any atom is 0.322 e. The van der Waals surface area contributed by atoms with E-state index in [2.05, 4.69) is 44.4 Å². The van der Waals surface area contributed by atoms with Crippen LogP contribution >= 0.6 is 23.2 Å². The van der Waals surface area contributed by atoms with E-state index in [0.29, 0.717) is 28.1 Å². The molecule has 1 heterocycles. The Kier molecular flexibility index (Phi) is 9.85. The Bertz CT molecular complexity index is 1300. The topological polar surface area (TPSA) is 79.3 Å². The van der Waals surface area contributed by atoms with Crippen molar-refractivity contribution < 1.29 is 9.59 Å². The van der Waals surface area contributed by atoms with Gasteiger partial charge in [0.25, 0.3) is 0 Å². The zero-order chi connectivity index (χ0) is 28.0. The minimum Gasteiger partial charge on any atom is -0.315 e. The summed E-state index contributed by atoms with van der Waals surface area (Å²) in [5, 5.41) is 11.4. The average Bonchev–Trinajstić information content (AvgIpc) is 3.24. The minimum absolute atomic E-state index is 0.121. The second-order valence-electron chi connectivity index (χ2n) is 10.6. The van der Waals surface area contributed by atoms with Gasteiger partial charge in [-0.3, -0.25) is 4.79 Å². The highest BCUT2D eigenvalue weighted by molar-refractivity contribution is 6.36. The van der Waals surface area contributed by atoms with E-state index in [1.807, 2.05) is 32.0 Å². The molecule has 0 fully saturated rings. The van der Waals surface area contributed by atoms with Crippen molar-refractivity contribution in [1.82, 2.24) is 14.7 Å². The lowest BCUT2D eigenvalue weighted by Crippen LogP contribution is -2.41. The lowest BCUT2D eigenvalue weighted by Gasteiger charge is -2.23. The highest BCUT2D eigenvalue weighted by Crippen LogP contribution is 2.28. The smallest absolute Gasteiger partial charge is 0.315 e. The summed E-state index contributed by atoms with van der Waals surface area (Å²) in [5.74, 6) is 0.242. The minimum atomic E-state index is -0.404. The number of anilines is 2. The van der Waals surface area contributed by atoms with Gasteiger partial charge in [0, 0.05) is 23.0 Å². The van der Waals surface area contributed by atoms with Gasteiger partial charge in [-0.25, -0.2) is 9.48 Å². The second-order valence-corrected chi connectivity index (χ2v) is 11.4. The first-order chi connectivity index (χ1) is 17.9. The molecule has 0 aliphatic carbocycles. The maximum absolute atomic E-state index is 13.3. The van der Waals surface area contributed by atoms with E-state index in [1.54, 1.807) is 22.9 Å². The van der Waals surface area contributed by atoms with Crippen molar-refractivity contribution in [3.63, 3.8) is 0 Å². The van der Waals surface area contributed by atoms with Crippen LogP contribution in [0.15, 0.2) is 42.5 Å². The molecule has 7 nitrogen and oxygen atoms in total. The maximum atomic E-state index is 13.3. The number of benzene rings is 2. The van der Waals surface area contributed by atoms with E-state index in [0.717, 1.165) is 41.8 Å². The van der Waals surface area contributed by atoms with Crippen LogP contribution in [0.3, 0.4) is 0 Å². The van der Waals surface area contributed by atoms with Crippen LogP contribution in [0.25, 0.3) is 5.69 Å². The summed E-state index contributed by atoms with van der Waals surface area (Å²) in [6, 6.07) is 12.5. The van der Waals surface area contributed by atoms with Crippen LogP contribution in [0.2, 0.25) is 10.0 Å². The van der Waals surface area contributed by atoms with Gasteiger partial charge in [-0.2, -0.15) is 5.10 Å². The molecule has 0 saturated carbocycles. The van der Waals surface area contributed by atoms with Gasteiger partial charge in [-0.1, -0.05) is 81.4 Å². The molecule has 9 heteroatoms.